The third kappa shape index (κ3) is 5.58. The van der Waals surface area contributed by atoms with Crippen molar-refractivity contribution in [2.45, 2.75) is 31.3 Å². The molecular weight excluding hydrogens is 496 g/mol. The van der Waals surface area contributed by atoms with Crippen LogP contribution in [0.1, 0.15) is 22.3 Å². The normalized spacial score (nSPS) is 12.7. The number of anilines is 1. The van der Waals surface area contributed by atoms with Crippen LogP contribution in [-0.2, 0) is 34.3 Å². The van der Waals surface area contributed by atoms with E-state index in [1.807, 2.05) is 84.9 Å². The predicted molar refractivity (Wildman–Crippen MR) is 148 cm³/mol. The van der Waals surface area contributed by atoms with Gasteiger partial charge in [-0.3, -0.25) is 9.10 Å². The molecule has 1 aliphatic rings. The summed E-state index contributed by atoms with van der Waals surface area (Å²) in [5.74, 6) is 0.334. The van der Waals surface area contributed by atoms with Gasteiger partial charge in [0.2, 0.25) is 0 Å². The first-order chi connectivity index (χ1) is 18.4. The quantitative estimate of drug-likeness (QED) is 0.295. The number of fused-ring (bicyclic) bond motifs is 1. The van der Waals surface area contributed by atoms with E-state index < -0.39 is 10.0 Å². The number of ether oxygens (including phenoxy) is 1. The second kappa shape index (κ2) is 11.1. The Morgan fingerprint density at radius 2 is 1.45 bits per heavy atom. The molecule has 0 atom stereocenters. The summed E-state index contributed by atoms with van der Waals surface area (Å²) in [4.78, 5) is 15.2. The first kappa shape index (κ1) is 25.5. The molecule has 194 valence electrons. The van der Waals surface area contributed by atoms with E-state index >= 15 is 0 Å². The summed E-state index contributed by atoms with van der Waals surface area (Å²) in [6.45, 7) is 3.00. The minimum Gasteiger partial charge on any atom is -0.483 e. The molecule has 0 N–H and O–H groups in total. The Kier molecular flexibility index (Phi) is 7.47. The average molecular weight is 527 g/mol. The Balaban J connectivity index is 1.29. The molecule has 0 unspecified atom stereocenters. The summed E-state index contributed by atoms with van der Waals surface area (Å²) in [6, 6.07) is 32.1. The molecule has 0 spiro atoms. The Morgan fingerprint density at radius 3 is 2.08 bits per heavy atom. The average Bonchev–Trinajstić information content (AvgIpc) is 3.38. The van der Waals surface area contributed by atoms with Crippen LogP contribution >= 0.6 is 0 Å². The highest BCUT2D eigenvalue weighted by molar-refractivity contribution is 7.92. The molecule has 7 heteroatoms. The zero-order chi connectivity index (χ0) is 26.5. The highest BCUT2D eigenvalue weighted by Gasteiger charge is 2.31. The van der Waals surface area contributed by atoms with Crippen molar-refractivity contribution in [2.24, 2.45) is 0 Å². The topological polar surface area (TPSA) is 66.9 Å². The number of para-hydroxylation sites is 1. The molecule has 0 aromatic heterocycles. The molecule has 4 aromatic rings. The fraction of sp³-hybridized carbons (Fsp3) is 0.194. The van der Waals surface area contributed by atoms with Gasteiger partial charge in [0.05, 0.1) is 10.6 Å². The summed E-state index contributed by atoms with van der Waals surface area (Å²) >= 11 is 0. The number of hydrogen-bond donors (Lipinski definition) is 0. The number of aryl methyl sites for hydroxylation is 1. The number of benzene rings is 4. The zero-order valence-corrected chi connectivity index (χ0v) is 22.1. The van der Waals surface area contributed by atoms with Crippen LogP contribution in [0, 0.1) is 6.92 Å². The van der Waals surface area contributed by atoms with Crippen molar-refractivity contribution in [3.63, 3.8) is 0 Å². The fourth-order valence-corrected chi connectivity index (χ4v) is 6.29. The maximum absolute atomic E-state index is 13.4. The Morgan fingerprint density at radius 1 is 0.842 bits per heavy atom. The van der Waals surface area contributed by atoms with Crippen molar-refractivity contribution in [1.29, 1.82) is 0 Å². The Hall–Kier alpha value is -4.10. The van der Waals surface area contributed by atoms with Gasteiger partial charge in [-0.15, -0.1) is 0 Å². The van der Waals surface area contributed by atoms with E-state index in [4.69, 9.17) is 4.74 Å². The van der Waals surface area contributed by atoms with Gasteiger partial charge in [0, 0.05) is 19.6 Å². The first-order valence-corrected chi connectivity index (χ1v) is 14.1. The first-order valence-electron chi connectivity index (χ1n) is 12.6. The highest BCUT2D eigenvalue weighted by atomic mass is 32.2. The van der Waals surface area contributed by atoms with Crippen LogP contribution in [0.4, 0.5) is 5.69 Å². The van der Waals surface area contributed by atoms with Crippen molar-refractivity contribution in [3.8, 4) is 5.75 Å². The van der Waals surface area contributed by atoms with Crippen molar-refractivity contribution in [1.82, 2.24) is 4.90 Å². The number of carbonyl (C=O) groups excluding carboxylic acids is 1. The van der Waals surface area contributed by atoms with Crippen LogP contribution in [0.2, 0.25) is 0 Å². The molecule has 1 heterocycles. The van der Waals surface area contributed by atoms with E-state index in [2.05, 4.69) is 0 Å². The minimum absolute atomic E-state index is 0.147. The van der Waals surface area contributed by atoms with Crippen LogP contribution in [0.3, 0.4) is 0 Å². The lowest BCUT2D eigenvalue weighted by atomic mass is 10.1. The van der Waals surface area contributed by atoms with Gasteiger partial charge in [0.25, 0.3) is 15.9 Å². The van der Waals surface area contributed by atoms with E-state index in [-0.39, 0.29) is 17.4 Å². The number of rotatable bonds is 9. The number of sulfonamides is 1. The Bertz CT molecular complexity index is 1480. The second-order valence-electron chi connectivity index (χ2n) is 9.39. The maximum Gasteiger partial charge on any atom is 0.264 e. The molecule has 4 aromatic carbocycles. The highest BCUT2D eigenvalue weighted by Crippen LogP contribution is 2.33. The van der Waals surface area contributed by atoms with Crippen molar-refractivity contribution in [2.75, 3.05) is 17.5 Å². The number of carbonyl (C=O) groups is 1. The second-order valence-corrected chi connectivity index (χ2v) is 11.3. The standard InChI is InChI=1S/C31H30N2O4S/c1-24-20-28(38(35,36)33-19-18-27-14-8-9-15-29(27)33)16-17-30(24)37-23-31(34)32(21-25-10-4-2-5-11-25)22-26-12-6-3-7-13-26/h2-17,20H,18-19,21-23H2,1H3. The van der Waals surface area contributed by atoms with Crippen LogP contribution in [0.5, 0.6) is 5.75 Å². The largest absolute Gasteiger partial charge is 0.483 e. The summed E-state index contributed by atoms with van der Waals surface area (Å²) in [5.41, 5.74) is 4.48. The summed E-state index contributed by atoms with van der Waals surface area (Å²) in [7, 11) is -3.70. The fourth-order valence-electron chi connectivity index (χ4n) is 4.70. The van der Waals surface area contributed by atoms with Crippen LogP contribution in [-0.4, -0.2) is 32.4 Å². The van der Waals surface area contributed by atoms with E-state index in [0.717, 1.165) is 22.4 Å². The molecule has 6 nitrogen and oxygen atoms in total. The SMILES string of the molecule is Cc1cc(S(=O)(=O)N2CCc3ccccc32)ccc1OCC(=O)N(Cc1ccccc1)Cc1ccccc1. The molecule has 1 aliphatic heterocycles. The molecule has 0 fully saturated rings. The van der Waals surface area contributed by atoms with Gasteiger partial charge in [-0.05, 0) is 59.9 Å². The zero-order valence-electron chi connectivity index (χ0n) is 21.3. The molecular formula is C31H30N2O4S. The lowest BCUT2D eigenvalue weighted by Gasteiger charge is -2.24. The van der Waals surface area contributed by atoms with E-state index in [1.54, 1.807) is 30.0 Å². The van der Waals surface area contributed by atoms with Crippen LogP contribution in [0.25, 0.3) is 0 Å². The molecule has 0 saturated heterocycles. The van der Waals surface area contributed by atoms with Gasteiger partial charge < -0.3 is 9.64 Å². The smallest absolute Gasteiger partial charge is 0.264 e. The third-order valence-corrected chi connectivity index (χ3v) is 8.52. The van der Waals surface area contributed by atoms with Crippen LogP contribution < -0.4 is 9.04 Å². The Labute approximate surface area is 224 Å². The number of nitrogens with zero attached hydrogens (tertiary/aromatic N) is 2. The summed E-state index contributed by atoms with van der Waals surface area (Å²) in [5, 5.41) is 0. The number of amides is 1. The molecule has 5 rings (SSSR count). The van der Waals surface area contributed by atoms with E-state index in [9.17, 15) is 13.2 Å². The molecule has 0 radical (unpaired) electrons. The summed E-state index contributed by atoms with van der Waals surface area (Å²) in [6.07, 6.45) is 0.695. The van der Waals surface area contributed by atoms with Gasteiger partial charge in [0.15, 0.2) is 6.61 Å². The predicted octanol–water partition coefficient (Wildman–Crippen LogP) is 5.35. The van der Waals surface area contributed by atoms with Gasteiger partial charge in [-0.2, -0.15) is 0 Å². The molecule has 0 aliphatic carbocycles. The van der Waals surface area contributed by atoms with E-state index in [0.29, 0.717) is 37.4 Å². The van der Waals surface area contributed by atoms with E-state index in [1.165, 1.54) is 4.31 Å². The van der Waals surface area contributed by atoms with Gasteiger partial charge in [-0.1, -0.05) is 78.9 Å². The lowest BCUT2D eigenvalue weighted by molar-refractivity contribution is -0.134. The van der Waals surface area contributed by atoms with Crippen molar-refractivity contribution in [3.05, 3.63) is 125 Å². The summed E-state index contributed by atoms with van der Waals surface area (Å²) < 4.78 is 34.1. The maximum atomic E-state index is 13.4. The van der Waals surface area contributed by atoms with Crippen molar-refractivity contribution < 1.29 is 17.9 Å². The number of hydrogen-bond acceptors (Lipinski definition) is 4. The monoisotopic (exact) mass is 526 g/mol. The van der Waals surface area contributed by atoms with Gasteiger partial charge in [0.1, 0.15) is 5.75 Å². The molecule has 38 heavy (non-hydrogen) atoms. The molecule has 1 amide bonds. The minimum atomic E-state index is -3.70. The van der Waals surface area contributed by atoms with Gasteiger partial charge >= 0.3 is 0 Å². The van der Waals surface area contributed by atoms with Gasteiger partial charge in [-0.25, -0.2) is 8.42 Å². The van der Waals surface area contributed by atoms with Crippen LogP contribution in [0.15, 0.2) is 108 Å². The molecule has 0 bridgehead atoms. The lowest BCUT2D eigenvalue weighted by Crippen LogP contribution is -2.34. The van der Waals surface area contributed by atoms with Crippen molar-refractivity contribution >= 4 is 21.6 Å². The molecule has 0 saturated carbocycles. The third-order valence-electron chi connectivity index (χ3n) is 6.72.